The van der Waals surface area contributed by atoms with Crippen LogP contribution in [0.1, 0.15) is 43.7 Å². The quantitative estimate of drug-likeness (QED) is 0.692. The minimum atomic E-state index is -0.637. The van der Waals surface area contributed by atoms with E-state index in [9.17, 15) is 9.90 Å². The molecule has 2 aliphatic rings. The third-order valence-electron chi connectivity index (χ3n) is 6.74. The van der Waals surface area contributed by atoms with Gasteiger partial charge in [0.05, 0.1) is 5.92 Å². The van der Waals surface area contributed by atoms with Crippen LogP contribution in [0.2, 0.25) is 0 Å². The van der Waals surface area contributed by atoms with E-state index in [4.69, 9.17) is 0 Å². The molecule has 0 saturated carbocycles. The molecule has 0 bridgehead atoms. The highest BCUT2D eigenvalue weighted by atomic mass is 16.4. The van der Waals surface area contributed by atoms with Crippen molar-refractivity contribution in [1.82, 2.24) is 4.90 Å². The molecular formula is C26H34N2O2. The average molecular weight is 407 g/mol. The lowest BCUT2D eigenvalue weighted by molar-refractivity contribution is -0.143. The second-order valence-corrected chi connectivity index (χ2v) is 8.96. The van der Waals surface area contributed by atoms with Crippen LogP contribution in [0.3, 0.4) is 0 Å². The van der Waals surface area contributed by atoms with E-state index in [1.165, 1.54) is 22.5 Å². The summed E-state index contributed by atoms with van der Waals surface area (Å²) < 4.78 is 0. The summed E-state index contributed by atoms with van der Waals surface area (Å²) in [5.41, 5.74) is 5.52. The van der Waals surface area contributed by atoms with Gasteiger partial charge in [-0.3, -0.25) is 4.79 Å². The summed E-state index contributed by atoms with van der Waals surface area (Å²) in [7, 11) is 0. The molecule has 1 saturated heterocycles. The second-order valence-electron chi connectivity index (χ2n) is 8.96. The summed E-state index contributed by atoms with van der Waals surface area (Å²) in [6.07, 6.45) is 6.28. The standard InChI is InChI=1S/C26H34N2O2/c1-2-8-20(17-27-16-7-11-23(19-27)26(29)30)18-28-24-12-5-3-9-21(24)14-15-22-10-4-6-13-25(22)28/h3-6,9-10,12-13,20,23H,2,7-8,11,14-19H2,1H3,(H,29,30). The maximum absolute atomic E-state index is 11.5. The van der Waals surface area contributed by atoms with E-state index < -0.39 is 5.97 Å². The fourth-order valence-electron chi connectivity index (χ4n) is 5.26. The molecule has 0 aliphatic carbocycles. The first-order valence-corrected chi connectivity index (χ1v) is 11.5. The molecule has 2 atom stereocenters. The zero-order valence-electron chi connectivity index (χ0n) is 18.1. The maximum atomic E-state index is 11.5. The molecule has 2 aliphatic heterocycles. The summed E-state index contributed by atoms with van der Waals surface area (Å²) in [6.45, 7) is 5.95. The third-order valence-corrected chi connectivity index (χ3v) is 6.74. The number of benzene rings is 2. The van der Waals surface area contributed by atoms with Crippen LogP contribution in [0.25, 0.3) is 0 Å². The molecule has 4 nitrogen and oxygen atoms in total. The predicted octanol–water partition coefficient (Wildman–Crippen LogP) is 5.14. The molecule has 1 N–H and O–H groups in total. The molecule has 2 unspecified atom stereocenters. The van der Waals surface area contributed by atoms with Crippen LogP contribution in [0.4, 0.5) is 11.4 Å². The number of hydrogen-bond acceptors (Lipinski definition) is 3. The lowest BCUT2D eigenvalue weighted by Crippen LogP contribution is -2.43. The van der Waals surface area contributed by atoms with Crippen LogP contribution in [0.5, 0.6) is 0 Å². The van der Waals surface area contributed by atoms with Crippen molar-refractivity contribution in [3.05, 3.63) is 59.7 Å². The van der Waals surface area contributed by atoms with Crippen molar-refractivity contribution in [1.29, 1.82) is 0 Å². The van der Waals surface area contributed by atoms with Gasteiger partial charge in [-0.15, -0.1) is 0 Å². The summed E-state index contributed by atoms with van der Waals surface area (Å²) in [5, 5.41) is 9.47. The molecule has 0 aromatic heterocycles. The average Bonchev–Trinajstić information content (AvgIpc) is 2.92. The number of carbonyl (C=O) groups is 1. The Morgan fingerprint density at radius 1 is 1.03 bits per heavy atom. The van der Waals surface area contributed by atoms with Gasteiger partial charge in [-0.25, -0.2) is 0 Å². The second kappa shape index (κ2) is 9.65. The molecule has 2 heterocycles. The number of aliphatic carboxylic acids is 1. The number of rotatable bonds is 7. The molecule has 30 heavy (non-hydrogen) atoms. The molecule has 0 spiro atoms. The van der Waals surface area contributed by atoms with Crippen LogP contribution < -0.4 is 4.90 Å². The number of nitrogens with zero attached hydrogens (tertiary/aromatic N) is 2. The Labute approximate surface area is 180 Å². The molecular weight excluding hydrogens is 372 g/mol. The number of piperidine rings is 1. The van der Waals surface area contributed by atoms with Gasteiger partial charge in [0.2, 0.25) is 0 Å². The van der Waals surface area contributed by atoms with Gasteiger partial charge in [0.1, 0.15) is 0 Å². The number of para-hydroxylation sites is 2. The molecule has 0 amide bonds. The fourth-order valence-corrected chi connectivity index (χ4v) is 5.26. The van der Waals surface area contributed by atoms with Gasteiger partial charge in [0.15, 0.2) is 0 Å². The fraction of sp³-hybridized carbons (Fsp3) is 0.500. The Hall–Kier alpha value is -2.33. The van der Waals surface area contributed by atoms with Crippen molar-refractivity contribution in [3.8, 4) is 0 Å². The minimum absolute atomic E-state index is 0.208. The summed E-state index contributed by atoms with van der Waals surface area (Å²) >= 11 is 0. The molecule has 0 radical (unpaired) electrons. The smallest absolute Gasteiger partial charge is 0.307 e. The van der Waals surface area contributed by atoms with E-state index in [0.717, 1.165) is 58.2 Å². The highest BCUT2D eigenvalue weighted by Gasteiger charge is 2.28. The molecule has 4 rings (SSSR count). The number of hydrogen-bond donors (Lipinski definition) is 1. The van der Waals surface area contributed by atoms with E-state index in [2.05, 4.69) is 65.3 Å². The van der Waals surface area contributed by atoms with Gasteiger partial charge in [-0.1, -0.05) is 49.7 Å². The van der Waals surface area contributed by atoms with Crippen LogP contribution in [0.15, 0.2) is 48.5 Å². The number of carboxylic acid groups (broad SMARTS) is 1. The SMILES string of the molecule is CCCC(CN1CCCC(C(=O)O)C1)CN1c2ccccc2CCc2ccccc21. The lowest BCUT2D eigenvalue weighted by Gasteiger charge is -2.36. The highest BCUT2D eigenvalue weighted by molar-refractivity contribution is 5.71. The largest absolute Gasteiger partial charge is 0.481 e. The number of anilines is 2. The van der Waals surface area contributed by atoms with Gasteiger partial charge in [-0.2, -0.15) is 0 Å². The summed E-state index contributed by atoms with van der Waals surface area (Å²) in [6, 6.07) is 17.7. The zero-order chi connectivity index (χ0) is 20.9. The van der Waals surface area contributed by atoms with Crippen molar-refractivity contribution >= 4 is 17.3 Å². The van der Waals surface area contributed by atoms with Crippen molar-refractivity contribution < 1.29 is 9.90 Å². The molecule has 4 heteroatoms. The normalized spacial score (nSPS) is 20.2. The lowest BCUT2D eigenvalue weighted by atomic mass is 9.95. The molecule has 160 valence electrons. The van der Waals surface area contributed by atoms with Crippen LogP contribution in [-0.2, 0) is 17.6 Å². The summed E-state index contributed by atoms with van der Waals surface area (Å²) in [5.74, 6) is -0.329. The van der Waals surface area contributed by atoms with Gasteiger partial charge in [-0.05, 0) is 67.8 Å². The zero-order valence-corrected chi connectivity index (χ0v) is 18.1. The van der Waals surface area contributed by atoms with Gasteiger partial charge < -0.3 is 14.9 Å². The van der Waals surface area contributed by atoms with E-state index >= 15 is 0 Å². The van der Waals surface area contributed by atoms with Crippen molar-refractivity contribution in [2.75, 3.05) is 31.1 Å². The Morgan fingerprint density at radius 2 is 1.67 bits per heavy atom. The van der Waals surface area contributed by atoms with Gasteiger partial charge >= 0.3 is 5.97 Å². The first kappa shape index (κ1) is 20.9. The van der Waals surface area contributed by atoms with E-state index in [-0.39, 0.29) is 5.92 Å². The Kier molecular flexibility index (Phi) is 6.73. The highest BCUT2D eigenvalue weighted by Crippen LogP contribution is 2.37. The van der Waals surface area contributed by atoms with Gasteiger partial charge in [0, 0.05) is 31.0 Å². The predicted molar refractivity (Wildman–Crippen MR) is 122 cm³/mol. The third kappa shape index (κ3) is 4.70. The topological polar surface area (TPSA) is 43.8 Å². The maximum Gasteiger partial charge on any atom is 0.307 e. The number of fused-ring (bicyclic) bond motifs is 2. The van der Waals surface area contributed by atoms with Gasteiger partial charge in [0.25, 0.3) is 0 Å². The number of aryl methyl sites for hydroxylation is 2. The first-order valence-electron chi connectivity index (χ1n) is 11.5. The van der Waals surface area contributed by atoms with E-state index in [0.29, 0.717) is 12.5 Å². The monoisotopic (exact) mass is 406 g/mol. The van der Waals surface area contributed by atoms with Crippen molar-refractivity contribution in [2.24, 2.45) is 11.8 Å². The Balaban J connectivity index is 1.58. The van der Waals surface area contributed by atoms with Crippen molar-refractivity contribution in [2.45, 2.75) is 45.4 Å². The van der Waals surface area contributed by atoms with Crippen LogP contribution in [-0.4, -0.2) is 42.2 Å². The van der Waals surface area contributed by atoms with Crippen LogP contribution >= 0.6 is 0 Å². The van der Waals surface area contributed by atoms with Crippen LogP contribution in [0, 0.1) is 11.8 Å². The Bertz CT molecular complexity index is 818. The first-order chi connectivity index (χ1) is 14.7. The van der Waals surface area contributed by atoms with E-state index in [1.807, 2.05) is 0 Å². The summed E-state index contributed by atoms with van der Waals surface area (Å²) in [4.78, 5) is 16.4. The molecule has 2 aromatic carbocycles. The van der Waals surface area contributed by atoms with Crippen molar-refractivity contribution in [3.63, 3.8) is 0 Å². The van der Waals surface area contributed by atoms with E-state index in [1.54, 1.807) is 0 Å². The number of carboxylic acids is 1. The molecule has 1 fully saturated rings. The number of likely N-dealkylation sites (tertiary alicyclic amines) is 1. The molecule has 2 aromatic rings. The Morgan fingerprint density at radius 3 is 2.27 bits per heavy atom. The minimum Gasteiger partial charge on any atom is -0.481 e.